The topological polar surface area (TPSA) is 55.4 Å². The molecule has 3 atom stereocenters. The van der Waals surface area contributed by atoms with Crippen molar-refractivity contribution in [1.29, 1.82) is 0 Å². The smallest absolute Gasteiger partial charge is 0.410 e. The van der Waals surface area contributed by atoms with Crippen LogP contribution in [0.15, 0.2) is 36.4 Å². The minimum absolute atomic E-state index is 0.335. The van der Waals surface area contributed by atoms with E-state index in [1.54, 1.807) is 25.1 Å². The molecule has 10 heteroatoms. The Hall–Kier alpha value is -1.45. The van der Waals surface area contributed by atoms with E-state index in [0.717, 1.165) is 11.6 Å². The third-order valence-electron chi connectivity index (χ3n) is 3.20. The van der Waals surface area contributed by atoms with Crippen LogP contribution in [0.5, 0.6) is 0 Å². The lowest BCUT2D eigenvalue weighted by Crippen LogP contribution is -2.47. The lowest BCUT2D eigenvalue weighted by molar-refractivity contribution is -0.139. The monoisotopic (exact) mass is 385 g/mol. The summed E-state index contributed by atoms with van der Waals surface area (Å²) in [5.74, 6) is -0.723. The van der Waals surface area contributed by atoms with Crippen molar-refractivity contribution in [2.45, 2.75) is 29.7 Å². The van der Waals surface area contributed by atoms with Crippen LogP contribution < -0.4 is 4.72 Å². The molecule has 0 amide bonds. The molecule has 0 aromatic heterocycles. The average molecular weight is 386 g/mol. The van der Waals surface area contributed by atoms with Crippen LogP contribution in [0, 0.1) is 6.92 Å². The van der Waals surface area contributed by atoms with Gasteiger partial charge in [0.05, 0.1) is 6.04 Å². The fourth-order valence-electron chi connectivity index (χ4n) is 2.05. The highest BCUT2D eigenvalue weighted by molar-refractivity contribution is 7.84. The Morgan fingerprint density at radius 3 is 2.50 bits per heavy atom. The maximum Gasteiger partial charge on any atom is 0.410 e. The number of carbonyl (C=O) groups is 1. The van der Waals surface area contributed by atoms with Gasteiger partial charge >= 0.3 is 16.6 Å². The summed E-state index contributed by atoms with van der Waals surface area (Å²) in [7, 11) is -3.53. The molecule has 0 spiro atoms. The fraction of sp³-hybridized carbons (Fsp3) is 0.357. The van der Waals surface area contributed by atoms with Crippen LogP contribution in [-0.2, 0) is 20.5 Å². The van der Waals surface area contributed by atoms with E-state index in [1.165, 1.54) is 12.1 Å². The molecule has 1 aliphatic heterocycles. The summed E-state index contributed by atoms with van der Waals surface area (Å²) in [6.07, 6.45) is 1.24. The zero-order valence-corrected chi connectivity index (χ0v) is 13.7. The Labute approximate surface area is 142 Å². The first kappa shape index (κ1) is 18.9. The molecule has 1 aliphatic rings. The van der Waals surface area contributed by atoms with E-state index in [2.05, 4.69) is 11.6 Å². The third kappa shape index (κ3) is 3.96. The van der Waals surface area contributed by atoms with Gasteiger partial charge in [0, 0.05) is 6.08 Å². The van der Waals surface area contributed by atoms with Crippen molar-refractivity contribution in [1.82, 2.24) is 4.72 Å². The Morgan fingerprint density at radius 2 is 2.00 bits per heavy atom. The second-order valence-corrected chi connectivity index (χ2v) is 6.81. The van der Waals surface area contributed by atoms with Crippen LogP contribution in [0.1, 0.15) is 17.2 Å². The number of halogens is 5. The predicted octanol–water partition coefficient (Wildman–Crippen LogP) is 3.20. The molecule has 0 radical (unpaired) electrons. The van der Waals surface area contributed by atoms with Crippen molar-refractivity contribution < 1.29 is 31.3 Å². The Balaban J connectivity index is 2.32. The number of aryl methyl sites for hydroxylation is 1. The number of rotatable bonds is 6. The number of benzene rings is 1. The molecular weight excluding hydrogens is 374 g/mol. The van der Waals surface area contributed by atoms with Crippen molar-refractivity contribution in [3.63, 3.8) is 0 Å². The highest BCUT2D eigenvalue weighted by Crippen LogP contribution is 2.40. The molecule has 2 rings (SSSR count). The van der Waals surface area contributed by atoms with E-state index < -0.39 is 39.7 Å². The molecule has 1 N–H and O–H groups in total. The Morgan fingerprint density at radius 1 is 1.33 bits per heavy atom. The van der Waals surface area contributed by atoms with E-state index >= 15 is 0 Å². The highest BCUT2D eigenvalue weighted by Gasteiger charge is 2.61. The molecule has 0 aliphatic carbocycles. The molecule has 1 aromatic carbocycles. The number of ether oxygens (including phenoxy) is 1. The van der Waals surface area contributed by atoms with Gasteiger partial charge in [-0.05, 0) is 30.2 Å². The minimum Gasteiger partial charge on any atom is -0.453 e. The normalized spacial score (nSPS) is 20.8. The predicted molar refractivity (Wildman–Crippen MR) is 80.0 cm³/mol. The minimum atomic E-state index is -5.02. The number of hydrogen-bond acceptors (Lipinski definition) is 3. The summed E-state index contributed by atoms with van der Waals surface area (Å²) in [6, 6.07) is 5.15. The number of carbonyl (C=O) groups excluding carboxylic acids is 1. The van der Waals surface area contributed by atoms with Gasteiger partial charge in [-0.1, -0.05) is 29.8 Å². The first-order valence-electron chi connectivity index (χ1n) is 6.60. The second kappa shape index (κ2) is 6.81. The molecule has 1 unspecified atom stereocenters. The van der Waals surface area contributed by atoms with Crippen LogP contribution in [0.4, 0.5) is 17.6 Å². The first-order valence-corrected chi connectivity index (χ1v) is 8.13. The number of alkyl halides is 5. The van der Waals surface area contributed by atoms with Gasteiger partial charge in [0.15, 0.2) is 11.0 Å². The summed E-state index contributed by atoms with van der Waals surface area (Å²) in [5.41, 5.74) is 1.08. The Bertz CT molecular complexity index is 693. The van der Waals surface area contributed by atoms with E-state index in [-0.39, 0.29) is 0 Å². The summed E-state index contributed by atoms with van der Waals surface area (Å²) < 4.78 is 71.1. The molecule has 0 saturated heterocycles. The quantitative estimate of drug-likeness (QED) is 0.465. The van der Waals surface area contributed by atoms with Gasteiger partial charge in [-0.25, -0.2) is 13.7 Å². The summed E-state index contributed by atoms with van der Waals surface area (Å²) >= 11 is 4.34. The SMILES string of the molecule is Cc1cccc([C@@H](NS(=O)C(F)(F)C(F)(F)Cl)[C@H]2C=CC(=O)O2)c1. The van der Waals surface area contributed by atoms with Crippen molar-refractivity contribution >= 4 is 28.6 Å². The van der Waals surface area contributed by atoms with Crippen LogP contribution in [0.3, 0.4) is 0 Å². The van der Waals surface area contributed by atoms with Gasteiger partial charge in [0.2, 0.25) is 0 Å². The van der Waals surface area contributed by atoms with Gasteiger partial charge in [-0.3, -0.25) is 0 Å². The van der Waals surface area contributed by atoms with E-state index in [0.29, 0.717) is 5.56 Å². The van der Waals surface area contributed by atoms with Crippen LogP contribution in [0.2, 0.25) is 0 Å². The van der Waals surface area contributed by atoms with Crippen LogP contribution in [0.25, 0.3) is 0 Å². The number of cyclic esters (lactones) is 1. The van der Waals surface area contributed by atoms with Gasteiger partial charge < -0.3 is 4.74 Å². The highest BCUT2D eigenvalue weighted by atomic mass is 35.5. The molecule has 0 saturated carbocycles. The third-order valence-corrected chi connectivity index (χ3v) is 4.74. The zero-order chi connectivity index (χ0) is 18.1. The van der Waals surface area contributed by atoms with Crippen molar-refractivity contribution in [3.05, 3.63) is 47.5 Å². The summed E-state index contributed by atoms with van der Waals surface area (Å²) in [5, 5.41) is -10.0. The molecule has 132 valence electrons. The van der Waals surface area contributed by atoms with Gasteiger partial charge in [0.1, 0.15) is 6.10 Å². The van der Waals surface area contributed by atoms with Gasteiger partial charge in [-0.15, -0.1) is 0 Å². The average Bonchev–Trinajstić information content (AvgIpc) is 2.89. The van der Waals surface area contributed by atoms with Crippen molar-refractivity contribution in [3.8, 4) is 0 Å². The lowest BCUT2D eigenvalue weighted by atomic mass is 10.0. The van der Waals surface area contributed by atoms with E-state index in [1.807, 2.05) is 4.72 Å². The lowest BCUT2D eigenvalue weighted by Gasteiger charge is -2.27. The standard InChI is InChI=1S/C14H12ClF4NO3S/c1-8-3-2-4-9(7-8)12(10-5-6-11(21)23-10)20-24(22)14(18,19)13(15,16)17/h2-7,10,12,20H,1H3/t10-,12-,24?/m1/s1. The van der Waals surface area contributed by atoms with Crippen LogP contribution in [-0.4, -0.2) is 26.9 Å². The largest absolute Gasteiger partial charge is 0.453 e. The molecule has 4 nitrogen and oxygen atoms in total. The fourth-order valence-corrected chi connectivity index (χ4v) is 3.12. The first-order chi connectivity index (χ1) is 11.0. The molecule has 0 fully saturated rings. The molecule has 1 aromatic rings. The summed E-state index contributed by atoms with van der Waals surface area (Å²) in [4.78, 5) is 11.2. The number of hydrogen-bond donors (Lipinski definition) is 1. The van der Waals surface area contributed by atoms with Crippen LogP contribution >= 0.6 is 11.6 Å². The molecular formula is C14H12ClF4NO3S. The molecule has 1 heterocycles. The zero-order valence-electron chi connectivity index (χ0n) is 12.1. The van der Waals surface area contributed by atoms with Crippen molar-refractivity contribution in [2.24, 2.45) is 0 Å². The van der Waals surface area contributed by atoms with E-state index in [4.69, 9.17) is 4.74 Å². The molecule has 0 bridgehead atoms. The Kier molecular flexibility index (Phi) is 5.36. The van der Waals surface area contributed by atoms with Crippen molar-refractivity contribution in [2.75, 3.05) is 0 Å². The maximum atomic E-state index is 13.5. The second-order valence-electron chi connectivity index (χ2n) is 5.05. The number of nitrogens with one attached hydrogen (secondary N) is 1. The van der Waals surface area contributed by atoms with Gasteiger partial charge in [-0.2, -0.15) is 17.6 Å². The molecule has 24 heavy (non-hydrogen) atoms. The van der Waals surface area contributed by atoms with E-state index in [9.17, 15) is 26.6 Å². The maximum absolute atomic E-state index is 13.5. The number of esters is 1. The van der Waals surface area contributed by atoms with Gasteiger partial charge in [0.25, 0.3) is 0 Å². The summed E-state index contributed by atoms with van der Waals surface area (Å²) in [6.45, 7) is 1.72.